The number of halogens is 2. The fourth-order valence-electron chi connectivity index (χ4n) is 4.24. The molecular weight excluding hydrogens is 385 g/mol. The predicted octanol–water partition coefficient (Wildman–Crippen LogP) is 2.80. The minimum absolute atomic E-state index is 0.0125. The molecule has 4 heterocycles. The van der Waals surface area contributed by atoms with Crippen LogP contribution in [0, 0.1) is 11.2 Å². The first-order chi connectivity index (χ1) is 13.4. The normalized spacial score (nSPS) is 22.2. The molecular formula is C19H19ClFN5O2. The Kier molecular flexibility index (Phi) is 3.87. The van der Waals surface area contributed by atoms with Crippen molar-refractivity contribution in [2.75, 3.05) is 42.6 Å². The third-order valence-corrected chi connectivity index (χ3v) is 5.81. The van der Waals surface area contributed by atoms with Crippen LogP contribution in [0.3, 0.4) is 0 Å². The lowest BCUT2D eigenvalue weighted by molar-refractivity contribution is 0.00813. The molecule has 2 fully saturated rings. The van der Waals surface area contributed by atoms with Crippen LogP contribution >= 0.6 is 11.6 Å². The van der Waals surface area contributed by atoms with Crippen LogP contribution in [-0.2, 0) is 0 Å². The third-order valence-electron chi connectivity index (χ3n) is 5.57. The van der Waals surface area contributed by atoms with Gasteiger partial charge in [0.15, 0.2) is 5.82 Å². The van der Waals surface area contributed by atoms with Crippen LogP contribution in [0.25, 0.3) is 0 Å². The molecule has 2 aromatic rings. The van der Waals surface area contributed by atoms with E-state index in [0.717, 1.165) is 18.8 Å². The maximum atomic E-state index is 13.1. The van der Waals surface area contributed by atoms with Crippen molar-refractivity contribution < 1.29 is 13.9 Å². The van der Waals surface area contributed by atoms with Crippen molar-refractivity contribution in [3.63, 3.8) is 0 Å². The molecule has 28 heavy (non-hydrogen) atoms. The summed E-state index contributed by atoms with van der Waals surface area (Å²) in [6.45, 7) is 5.34. The second-order valence-electron chi connectivity index (χ2n) is 7.84. The van der Waals surface area contributed by atoms with E-state index < -0.39 is 5.82 Å². The van der Waals surface area contributed by atoms with Crippen molar-refractivity contribution in [3.8, 4) is 5.75 Å². The highest BCUT2D eigenvalue weighted by molar-refractivity contribution is 6.30. The van der Waals surface area contributed by atoms with Crippen LogP contribution in [0.5, 0.6) is 5.75 Å². The van der Waals surface area contributed by atoms with Crippen molar-refractivity contribution in [3.05, 3.63) is 41.4 Å². The smallest absolute Gasteiger partial charge is 0.325 e. The van der Waals surface area contributed by atoms with Crippen LogP contribution in [0.15, 0.2) is 30.6 Å². The van der Waals surface area contributed by atoms with Crippen LogP contribution in [0.2, 0.25) is 5.02 Å². The summed E-state index contributed by atoms with van der Waals surface area (Å²) in [6, 6.07) is 5.28. The van der Waals surface area contributed by atoms with Crippen molar-refractivity contribution in [2.45, 2.75) is 13.0 Å². The van der Waals surface area contributed by atoms with Gasteiger partial charge in [-0.3, -0.25) is 4.90 Å². The number of hydrogen-bond donors (Lipinski definition) is 0. The highest BCUT2D eigenvalue weighted by Crippen LogP contribution is 2.43. The number of nitrogens with zero attached hydrogens (tertiary/aromatic N) is 5. The van der Waals surface area contributed by atoms with E-state index in [4.69, 9.17) is 16.3 Å². The summed E-state index contributed by atoms with van der Waals surface area (Å²) in [7, 11) is 0. The molecule has 1 aromatic heterocycles. The second kappa shape index (κ2) is 6.20. The summed E-state index contributed by atoms with van der Waals surface area (Å²) in [6.07, 6.45) is 2.35. The topological polar surface area (TPSA) is 61.8 Å². The number of hydrogen-bond acceptors (Lipinski definition) is 5. The SMILES string of the molecule is CC1COc2cc(Cl)ccc2N1C(=O)N1CC2(C1)CN(c1ncc(F)cn1)C2. The molecule has 0 N–H and O–H groups in total. The lowest BCUT2D eigenvalue weighted by Crippen LogP contribution is -2.74. The molecule has 146 valence electrons. The van der Waals surface area contributed by atoms with E-state index in [-0.39, 0.29) is 17.5 Å². The zero-order valence-corrected chi connectivity index (χ0v) is 16.1. The molecule has 2 amide bonds. The molecule has 3 aliphatic heterocycles. The lowest BCUT2D eigenvalue weighted by atomic mass is 9.73. The van der Waals surface area contributed by atoms with Gasteiger partial charge in [-0.1, -0.05) is 11.6 Å². The Hall–Kier alpha value is -2.61. The Bertz CT molecular complexity index is 926. The zero-order valence-electron chi connectivity index (χ0n) is 15.3. The monoisotopic (exact) mass is 403 g/mol. The largest absolute Gasteiger partial charge is 0.489 e. The molecule has 7 nitrogen and oxygen atoms in total. The van der Waals surface area contributed by atoms with Crippen molar-refractivity contribution in [2.24, 2.45) is 5.41 Å². The maximum Gasteiger partial charge on any atom is 0.325 e. The van der Waals surface area contributed by atoms with Gasteiger partial charge < -0.3 is 14.5 Å². The number of fused-ring (bicyclic) bond motifs is 1. The first kappa shape index (κ1) is 17.5. The second-order valence-corrected chi connectivity index (χ2v) is 8.27. The fourth-order valence-corrected chi connectivity index (χ4v) is 4.40. The van der Waals surface area contributed by atoms with E-state index in [0.29, 0.717) is 36.4 Å². The van der Waals surface area contributed by atoms with E-state index in [1.54, 1.807) is 17.0 Å². The summed E-state index contributed by atoms with van der Waals surface area (Å²) >= 11 is 6.05. The molecule has 0 radical (unpaired) electrons. The number of carbonyl (C=O) groups is 1. The van der Waals surface area contributed by atoms with E-state index in [9.17, 15) is 9.18 Å². The van der Waals surface area contributed by atoms with Gasteiger partial charge in [0, 0.05) is 42.7 Å². The molecule has 1 atom stereocenters. The number of anilines is 2. The third kappa shape index (κ3) is 2.74. The Morgan fingerprint density at radius 2 is 1.96 bits per heavy atom. The summed E-state index contributed by atoms with van der Waals surface area (Å²) in [5.74, 6) is 0.725. The van der Waals surface area contributed by atoms with Crippen molar-refractivity contribution in [1.29, 1.82) is 0 Å². The van der Waals surface area contributed by atoms with Gasteiger partial charge in [-0.2, -0.15) is 0 Å². The number of amides is 2. The summed E-state index contributed by atoms with van der Waals surface area (Å²) in [5, 5.41) is 0.584. The van der Waals surface area contributed by atoms with Gasteiger partial charge in [-0.15, -0.1) is 0 Å². The molecule has 1 aromatic carbocycles. The van der Waals surface area contributed by atoms with Gasteiger partial charge in [0.1, 0.15) is 12.4 Å². The Labute approximate surface area is 166 Å². The highest BCUT2D eigenvalue weighted by Gasteiger charge is 2.55. The number of aromatic nitrogens is 2. The van der Waals surface area contributed by atoms with E-state index in [1.807, 2.05) is 22.8 Å². The van der Waals surface area contributed by atoms with E-state index >= 15 is 0 Å². The van der Waals surface area contributed by atoms with Gasteiger partial charge in [-0.25, -0.2) is 19.2 Å². The summed E-state index contributed by atoms with van der Waals surface area (Å²) in [4.78, 5) is 26.8. The van der Waals surface area contributed by atoms with Gasteiger partial charge in [0.05, 0.1) is 24.1 Å². The molecule has 2 saturated heterocycles. The van der Waals surface area contributed by atoms with Crippen molar-refractivity contribution >= 4 is 29.3 Å². The number of urea groups is 1. The Morgan fingerprint density at radius 1 is 1.25 bits per heavy atom. The average Bonchev–Trinajstić information content (AvgIpc) is 2.60. The van der Waals surface area contributed by atoms with Crippen LogP contribution in [-0.4, -0.2) is 59.7 Å². The lowest BCUT2D eigenvalue weighted by Gasteiger charge is -2.60. The molecule has 1 spiro atoms. The van der Waals surface area contributed by atoms with Gasteiger partial charge in [0.2, 0.25) is 5.95 Å². The van der Waals surface area contributed by atoms with E-state index in [2.05, 4.69) is 9.97 Å². The number of ether oxygens (including phenoxy) is 1. The first-order valence-electron chi connectivity index (χ1n) is 9.17. The fraction of sp³-hybridized carbons (Fsp3) is 0.421. The summed E-state index contributed by atoms with van der Waals surface area (Å²) in [5.41, 5.74) is 0.829. The highest BCUT2D eigenvalue weighted by atomic mass is 35.5. The number of carbonyl (C=O) groups excluding carboxylic acids is 1. The number of likely N-dealkylation sites (tertiary alicyclic amines) is 1. The Balaban J connectivity index is 1.25. The van der Waals surface area contributed by atoms with Gasteiger partial charge in [-0.05, 0) is 19.1 Å². The van der Waals surface area contributed by atoms with Gasteiger partial charge in [0.25, 0.3) is 0 Å². The van der Waals surface area contributed by atoms with E-state index in [1.165, 1.54) is 12.4 Å². The standard InChI is InChI=1S/C19H19ClFN5O2/c1-12-7-28-16-4-13(20)2-3-15(16)26(12)18(27)25-10-19(11-25)8-24(9-19)17-22-5-14(21)6-23-17/h2-6,12H,7-11H2,1H3. The average molecular weight is 404 g/mol. The van der Waals surface area contributed by atoms with Gasteiger partial charge >= 0.3 is 6.03 Å². The molecule has 0 aliphatic carbocycles. The van der Waals surface area contributed by atoms with Crippen LogP contribution in [0.4, 0.5) is 20.8 Å². The molecule has 9 heteroatoms. The minimum atomic E-state index is -0.444. The predicted molar refractivity (Wildman–Crippen MR) is 102 cm³/mol. The molecule has 3 aliphatic rings. The minimum Gasteiger partial charge on any atom is -0.489 e. The maximum absolute atomic E-state index is 13.1. The number of rotatable bonds is 1. The zero-order chi connectivity index (χ0) is 19.5. The van der Waals surface area contributed by atoms with Crippen LogP contribution in [0.1, 0.15) is 6.92 Å². The summed E-state index contributed by atoms with van der Waals surface area (Å²) < 4.78 is 18.7. The quantitative estimate of drug-likeness (QED) is 0.732. The number of benzene rings is 1. The molecule has 0 saturated carbocycles. The molecule has 5 rings (SSSR count). The van der Waals surface area contributed by atoms with Crippen LogP contribution < -0.4 is 14.5 Å². The molecule has 0 bridgehead atoms. The van der Waals surface area contributed by atoms with Crippen molar-refractivity contribution in [1.82, 2.24) is 14.9 Å². The Morgan fingerprint density at radius 3 is 2.68 bits per heavy atom. The first-order valence-corrected chi connectivity index (χ1v) is 9.55. The molecule has 1 unspecified atom stereocenters.